The molecule has 24 heavy (non-hydrogen) atoms. The van der Waals surface area contributed by atoms with Gasteiger partial charge in [0.25, 0.3) is 0 Å². The lowest BCUT2D eigenvalue weighted by Crippen LogP contribution is -2.40. The zero-order valence-corrected chi connectivity index (χ0v) is 14.6. The normalized spacial score (nSPS) is 28.7. The quantitative estimate of drug-likeness (QED) is 0.924. The molecule has 0 radical (unpaired) electrons. The van der Waals surface area contributed by atoms with Gasteiger partial charge in [-0.2, -0.15) is 0 Å². The lowest BCUT2D eigenvalue weighted by atomic mass is 9.87. The summed E-state index contributed by atoms with van der Waals surface area (Å²) in [5.41, 5.74) is 1.03. The van der Waals surface area contributed by atoms with Crippen LogP contribution in [0.2, 0.25) is 0 Å². The number of hydrogen-bond donors (Lipinski definition) is 1. The first-order chi connectivity index (χ1) is 11.5. The average Bonchev–Trinajstić information content (AvgIpc) is 2.98. The van der Waals surface area contributed by atoms with E-state index in [0.717, 1.165) is 24.3 Å². The molecule has 0 aromatic carbocycles. The van der Waals surface area contributed by atoms with Crippen LogP contribution in [0, 0.1) is 11.8 Å². The van der Waals surface area contributed by atoms with Crippen molar-refractivity contribution in [2.75, 3.05) is 6.54 Å². The van der Waals surface area contributed by atoms with Crippen LogP contribution in [0.5, 0.6) is 0 Å². The topological polar surface area (TPSA) is 62.3 Å². The molecule has 2 fully saturated rings. The van der Waals surface area contributed by atoms with E-state index in [2.05, 4.69) is 17.2 Å². The summed E-state index contributed by atoms with van der Waals surface area (Å²) in [6.07, 6.45) is 8.32. The van der Waals surface area contributed by atoms with E-state index in [1.165, 1.54) is 12.8 Å². The Kier molecular flexibility index (Phi) is 5.17. The molecule has 1 aliphatic carbocycles. The summed E-state index contributed by atoms with van der Waals surface area (Å²) in [5.74, 6) is 0.672. The number of carbonyl (C=O) groups is 2. The summed E-state index contributed by atoms with van der Waals surface area (Å²) in [6, 6.07) is 4.07. The van der Waals surface area contributed by atoms with Gasteiger partial charge in [-0.15, -0.1) is 0 Å². The van der Waals surface area contributed by atoms with E-state index < -0.39 is 0 Å². The molecule has 1 saturated heterocycles. The highest BCUT2D eigenvalue weighted by atomic mass is 16.2. The van der Waals surface area contributed by atoms with Gasteiger partial charge < -0.3 is 10.2 Å². The Labute approximate surface area is 143 Å². The number of pyridine rings is 1. The Hall–Kier alpha value is -1.91. The van der Waals surface area contributed by atoms with Gasteiger partial charge in [0.05, 0.1) is 12.0 Å². The van der Waals surface area contributed by atoms with Crippen molar-refractivity contribution in [1.82, 2.24) is 15.2 Å². The maximum absolute atomic E-state index is 12.5. The molecule has 5 nitrogen and oxygen atoms in total. The van der Waals surface area contributed by atoms with Crippen molar-refractivity contribution in [1.29, 1.82) is 0 Å². The maximum Gasteiger partial charge on any atom is 0.225 e. The molecule has 130 valence electrons. The SMILES string of the molecule is CC1CCC(N2C[C@@H](C(=O)N[C@@H](C)c3ccncc3)CC2=O)CC1. The molecule has 3 rings (SSSR count). The lowest BCUT2D eigenvalue weighted by molar-refractivity contribution is -0.131. The van der Waals surface area contributed by atoms with E-state index in [9.17, 15) is 9.59 Å². The predicted octanol–water partition coefficient (Wildman–Crippen LogP) is 2.69. The Bertz CT molecular complexity index is 582. The zero-order valence-electron chi connectivity index (χ0n) is 14.6. The minimum atomic E-state index is -0.221. The van der Waals surface area contributed by atoms with Gasteiger partial charge in [-0.25, -0.2) is 0 Å². The molecule has 1 N–H and O–H groups in total. The van der Waals surface area contributed by atoms with Crippen LogP contribution < -0.4 is 5.32 Å². The number of carbonyl (C=O) groups excluding carboxylic acids is 2. The molecule has 1 aliphatic heterocycles. The molecule has 2 amide bonds. The summed E-state index contributed by atoms with van der Waals surface area (Å²) in [4.78, 5) is 30.9. The molecule has 5 heteroatoms. The summed E-state index contributed by atoms with van der Waals surface area (Å²) in [5, 5.41) is 3.04. The molecule has 1 aromatic rings. The molecule has 2 atom stereocenters. The van der Waals surface area contributed by atoms with Crippen LogP contribution in [-0.4, -0.2) is 34.3 Å². The monoisotopic (exact) mass is 329 g/mol. The van der Waals surface area contributed by atoms with Crippen LogP contribution >= 0.6 is 0 Å². The molecular formula is C19H27N3O2. The minimum absolute atomic E-state index is 0.0145. The average molecular weight is 329 g/mol. The summed E-state index contributed by atoms with van der Waals surface area (Å²) < 4.78 is 0. The molecule has 1 aromatic heterocycles. The van der Waals surface area contributed by atoms with E-state index in [-0.39, 0.29) is 23.8 Å². The van der Waals surface area contributed by atoms with Crippen molar-refractivity contribution in [3.8, 4) is 0 Å². The van der Waals surface area contributed by atoms with Gasteiger partial charge in [-0.05, 0) is 56.2 Å². The van der Waals surface area contributed by atoms with Crippen LogP contribution in [0.1, 0.15) is 57.6 Å². The molecule has 1 saturated carbocycles. The van der Waals surface area contributed by atoms with Gasteiger partial charge in [0.1, 0.15) is 0 Å². The largest absolute Gasteiger partial charge is 0.349 e. The van der Waals surface area contributed by atoms with Crippen molar-refractivity contribution in [3.05, 3.63) is 30.1 Å². The minimum Gasteiger partial charge on any atom is -0.349 e. The number of hydrogen-bond acceptors (Lipinski definition) is 3. The molecule has 0 bridgehead atoms. The Morgan fingerprint density at radius 3 is 2.58 bits per heavy atom. The lowest BCUT2D eigenvalue weighted by Gasteiger charge is -2.33. The highest BCUT2D eigenvalue weighted by molar-refractivity contribution is 5.89. The number of nitrogens with one attached hydrogen (secondary N) is 1. The fourth-order valence-corrected chi connectivity index (χ4v) is 3.88. The van der Waals surface area contributed by atoms with Gasteiger partial charge >= 0.3 is 0 Å². The number of aromatic nitrogens is 1. The van der Waals surface area contributed by atoms with Crippen molar-refractivity contribution in [2.24, 2.45) is 11.8 Å². The predicted molar refractivity (Wildman–Crippen MR) is 92.0 cm³/mol. The summed E-state index contributed by atoms with van der Waals surface area (Å²) >= 11 is 0. The maximum atomic E-state index is 12.5. The second kappa shape index (κ2) is 7.32. The van der Waals surface area contributed by atoms with Crippen LogP contribution in [0.15, 0.2) is 24.5 Å². The second-order valence-electron chi connectivity index (χ2n) is 7.37. The zero-order chi connectivity index (χ0) is 17.1. The number of amides is 2. The van der Waals surface area contributed by atoms with Crippen LogP contribution in [-0.2, 0) is 9.59 Å². The highest BCUT2D eigenvalue weighted by Gasteiger charge is 2.38. The molecule has 0 unspecified atom stereocenters. The van der Waals surface area contributed by atoms with Crippen molar-refractivity contribution in [3.63, 3.8) is 0 Å². The van der Waals surface area contributed by atoms with E-state index in [1.807, 2.05) is 24.0 Å². The van der Waals surface area contributed by atoms with Crippen LogP contribution in [0.3, 0.4) is 0 Å². The van der Waals surface area contributed by atoms with Gasteiger partial charge in [0.15, 0.2) is 0 Å². The van der Waals surface area contributed by atoms with E-state index >= 15 is 0 Å². The number of nitrogens with zero attached hydrogens (tertiary/aromatic N) is 2. The summed E-state index contributed by atoms with van der Waals surface area (Å²) in [7, 11) is 0. The fraction of sp³-hybridized carbons (Fsp3) is 0.632. The Morgan fingerprint density at radius 2 is 1.92 bits per heavy atom. The Morgan fingerprint density at radius 1 is 1.25 bits per heavy atom. The third-order valence-corrected chi connectivity index (χ3v) is 5.52. The number of likely N-dealkylation sites (tertiary alicyclic amines) is 1. The second-order valence-corrected chi connectivity index (χ2v) is 7.37. The van der Waals surface area contributed by atoms with Crippen molar-refractivity contribution < 1.29 is 9.59 Å². The van der Waals surface area contributed by atoms with E-state index in [4.69, 9.17) is 0 Å². The fourth-order valence-electron chi connectivity index (χ4n) is 3.88. The van der Waals surface area contributed by atoms with Gasteiger partial charge in [0, 0.05) is 31.4 Å². The Balaban J connectivity index is 1.56. The first-order valence-electron chi connectivity index (χ1n) is 9.04. The van der Waals surface area contributed by atoms with Crippen LogP contribution in [0.4, 0.5) is 0 Å². The molecule has 2 heterocycles. The van der Waals surface area contributed by atoms with Gasteiger partial charge in [-0.3, -0.25) is 14.6 Å². The molecule has 0 spiro atoms. The van der Waals surface area contributed by atoms with Gasteiger partial charge in [0.2, 0.25) is 11.8 Å². The van der Waals surface area contributed by atoms with E-state index in [1.54, 1.807) is 12.4 Å². The van der Waals surface area contributed by atoms with Crippen LogP contribution in [0.25, 0.3) is 0 Å². The molecule has 2 aliphatic rings. The molecular weight excluding hydrogens is 302 g/mol. The van der Waals surface area contributed by atoms with E-state index in [0.29, 0.717) is 19.0 Å². The standard InChI is InChI=1S/C19H27N3O2/c1-13-3-5-17(6-4-13)22-12-16(11-18(22)23)19(24)21-14(2)15-7-9-20-10-8-15/h7-10,13-14,16-17H,3-6,11-12H2,1-2H3,(H,21,24)/t13?,14-,16-,17?/m0/s1. The van der Waals surface area contributed by atoms with Crippen molar-refractivity contribution >= 4 is 11.8 Å². The highest BCUT2D eigenvalue weighted by Crippen LogP contribution is 2.31. The smallest absolute Gasteiger partial charge is 0.225 e. The third-order valence-electron chi connectivity index (χ3n) is 5.52. The number of rotatable bonds is 4. The first-order valence-corrected chi connectivity index (χ1v) is 9.04. The van der Waals surface area contributed by atoms with Crippen molar-refractivity contribution in [2.45, 2.75) is 58.0 Å². The first kappa shape index (κ1) is 16.9. The van der Waals surface area contributed by atoms with Gasteiger partial charge in [-0.1, -0.05) is 6.92 Å². The third kappa shape index (κ3) is 3.77. The summed E-state index contributed by atoms with van der Waals surface area (Å²) in [6.45, 7) is 4.82.